The fourth-order valence-corrected chi connectivity index (χ4v) is 2.91. The Morgan fingerprint density at radius 2 is 2.47 bits per heavy atom. The maximum absolute atomic E-state index is 12.1. The highest BCUT2D eigenvalue weighted by molar-refractivity contribution is 6.31. The van der Waals surface area contributed by atoms with Crippen LogP contribution in [0.2, 0.25) is 5.02 Å². The van der Waals surface area contributed by atoms with Gasteiger partial charge in [0.1, 0.15) is 5.78 Å². The van der Waals surface area contributed by atoms with E-state index in [1.807, 2.05) is 6.07 Å². The zero-order valence-electron chi connectivity index (χ0n) is 11.4. The second kappa shape index (κ2) is 7.01. The quantitative estimate of drug-likeness (QED) is 0.902. The average Bonchev–Trinajstić information content (AvgIpc) is 2.42. The summed E-state index contributed by atoms with van der Waals surface area (Å²) in [5.41, 5.74) is 0.885. The smallest absolute Gasteiger partial charge is 0.137 e. The summed E-state index contributed by atoms with van der Waals surface area (Å²) in [7, 11) is 0. The van der Waals surface area contributed by atoms with E-state index >= 15 is 0 Å². The topological polar surface area (TPSA) is 42.0 Å². The minimum Gasteiger partial charge on any atom is -0.316 e. The molecule has 0 spiro atoms. The number of nitrogens with one attached hydrogen (secondary N) is 1. The van der Waals surface area contributed by atoms with Crippen molar-refractivity contribution in [1.82, 2.24) is 10.3 Å². The molecule has 0 saturated carbocycles. The van der Waals surface area contributed by atoms with Crippen molar-refractivity contribution in [1.29, 1.82) is 0 Å². The van der Waals surface area contributed by atoms with Crippen LogP contribution >= 0.6 is 11.6 Å². The molecule has 0 aliphatic carbocycles. The van der Waals surface area contributed by atoms with Gasteiger partial charge in [0.2, 0.25) is 0 Å². The van der Waals surface area contributed by atoms with Crippen LogP contribution in [0.15, 0.2) is 18.5 Å². The molecule has 1 fully saturated rings. The van der Waals surface area contributed by atoms with E-state index in [4.69, 9.17) is 11.6 Å². The van der Waals surface area contributed by atoms with Gasteiger partial charge in [-0.3, -0.25) is 9.78 Å². The average molecular weight is 281 g/mol. The third-order valence-corrected chi connectivity index (χ3v) is 4.27. The van der Waals surface area contributed by atoms with Crippen molar-refractivity contribution < 1.29 is 4.79 Å². The summed E-state index contributed by atoms with van der Waals surface area (Å²) < 4.78 is 0. The number of ketones is 1. The van der Waals surface area contributed by atoms with Gasteiger partial charge in [-0.15, -0.1) is 0 Å². The Hall–Kier alpha value is -0.930. The maximum Gasteiger partial charge on any atom is 0.137 e. The van der Waals surface area contributed by atoms with Gasteiger partial charge in [-0.05, 0) is 49.4 Å². The van der Waals surface area contributed by atoms with Crippen molar-refractivity contribution in [3.8, 4) is 0 Å². The predicted octanol–water partition coefficient (Wildman–Crippen LogP) is 2.87. The summed E-state index contributed by atoms with van der Waals surface area (Å²) in [4.78, 5) is 16.1. The number of pyridine rings is 1. The molecule has 1 aliphatic rings. The van der Waals surface area contributed by atoms with Crippen LogP contribution in [0.25, 0.3) is 0 Å². The van der Waals surface area contributed by atoms with Crippen LogP contribution in [0.1, 0.15) is 31.7 Å². The van der Waals surface area contributed by atoms with Gasteiger partial charge in [0, 0.05) is 25.2 Å². The minimum absolute atomic E-state index is 0.270. The molecule has 19 heavy (non-hydrogen) atoms. The van der Waals surface area contributed by atoms with E-state index in [9.17, 15) is 4.79 Å². The van der Waals surface area contributed by atoms with E-state index < -0.39 is 0 Å². The SMILES string of the molecule is CC(CC(=O)Cc1ccncc1Cl)C1CCCNC1. The third-order valence-electron chi connectivity index (χ3n) is 3.93. The molecule has 1 aromatic rings. The van der Waals surface area contributed by atoms with Crippen molar-refractivity contribution in [3.05, 3.63) is 29.0 Å². The monoisotopic (exact) mass is 280 g/mol. The lowest BCUT2D eigenvalue weighted by atomic mass is 9.84. The van der Waals surface area contributed by atoms with Gasteiger partial charge < -0.3 is 5.32 Å². The van der Waals surface area contributed by atoms with Gasteiger partial charge in [0.15, 0.2) is 0 Å². The maximum atomic E-state index is 12.1. The number of carbonyl (C=O) groups excluding carboxylic acids is 1. The number of carbonyl (C=O) groups is 1. The highest BCUT2D eigenvalue weighted by Crippen LogP contribution is 2.24. The first kappa shape index (κ1) is 14.5. The number of nitrogens with zero attached hydrogens (tertiary/aromatic N) is 1. The first-order valence-corrected chi connectivity index (χ1v) is 7.35. The number of halogens is 1. The first-order valence-electron chi connectivity index (χ1n) is 6.97. The Morgan fingerprint density at radius 1 is 1.63 bits per heavy atom. The second-order valence-electron chi connectivity index (χ2n) is 5.47. The molecule has 2 atom stereocenters. The van der Waals surface area contributed by atoms with Gasteiger partial charge in [-0.25, -0.2) is 0 Å². The molecule has 1 aromatic heterocycles. The Kier molecular flexibility index (Phi) is 5.34. The van der Waals surface area contributed by atoms with Crippen LogP contribution in [-0.4, -0.2) is 23.9 Å². The normalized spacial score (nSPS) is 21.1. The highest BCUT2D eigenvalue weighted by Gasteiger charge is 2.22. The van der Waals surface area contributed by atoms with Crippen molar-refractivity contribution in [2.45, 2.75) is 32.6 Å². The van der Waals surface area contributed by atoms with E-state index in [1.54, 1.807) is 12.4 Å². The third kappa shape index (κ3) is 4.29. The fraction of sp³-hybridized carbons (Fsp3) is 0.600. The zero-order chi connectivity index (χ0) is 13.7. The molecular weight excluding hydrogens is 260 g/mol. The van der Waals surface area contributed by atoms with Crippen molar-refractivity contribution >= 4 is 17.4 Å². The highest BCUT2D eigenvalue weighted by atomic mass is 35.5. The number of Topliss-reactive ketones (excluding diaryl/α,β-unsaturated/α-hetero) is 1. The van der Waals surface area contributed by atoms with Crippen LogP contribution in [0.3, 0.4) is 0 Å². The van der Waals surface area contributed by atoms with Crippen molar-refractivity contribution in [3.63, 3.8) is 0 Å². The molecule has 0 radical (unpaired) electrons. The first-order chi connectivity index (χ1) is 9.16. The molecule has 2 rings (SSSR count). The molecule has 2 heterocycles. The Morgan fingerprint density at radius 3 is 3.16 bits per heavy atom. The molecule has 3 nitrogen and oxygen atoms in total. The lowest BCUT2D eigenvalue weighted by molar-refractivity contribution is -0.119. The Labute approximate surface area is 119 Å². The summed E-state index contributed by atoms with van der Waals surface area (Å²) >= 11 is 6.03. The van der Waals surface area contributed by atoms with E-state index in [1.165, 1.54) is 12.8 Å². The van der Waals surface area contributed by atoms with Gasteiger partial charge in [-0.1, -0.05) is 18.5 Å². The number of rotatable bonds is 5. The molecule has 1 aliphatic heterocycles. The standard InChI is InChI=1S/C15H21ClN2O/c1-11(13-3-2-5-17-9-13)7-14(19)8-12-4-6-18-10-15(12)16/h4,6,10-11,13,17H,2-3,5,7-9H2,1H3. The predicted molar refractivity (Wildman–Crippen MR) is 77.3 cm³/mol. The van der Waals surface area contributed by atoms with Crippen LogP contribution in [0, 0.1) is 11.8 Å². The Balaban J connectivity index is 1.85. The van der Waals surface area contributed by atoms with Gasteiger partial charge >= 0.3 is 0 Å². The molecule has 104 valence electrons. The largest absolute Gasteiger partial charge is 0.316 e. The molecule has 4 heteroatoms. The summed E-state index contributed by atoms with van der Waals surface area (Å²) in [6.45, 7) is 4.35. The summed E-state index contributed by atoms with van der Waals surface area (Å²) in [5, 5.41) is 3.99. The van der Waals surface area contributed by atoms with E-state index in [-0.39, 0.29) is 5.78 Å². The van der Waals surface area contributed by atoms with Crippen LogP contribution < -0.4 is 5.32 Å². The number of hydrogen-bond donors (Lipinski definition) is 1. The van der Waals surface area contributed by atoms with Crippen LogP contribution in [-0.2, 0) is 11.2 Å². The number of piperidine rings is 1. The second-order valence-corrected chi connectivity index (χ2v) is 5.88. The minimum atomic E-state index is 0.270. The lowest BCUT2D eigenvalue weighted by Crippen LogP contribution is -2.34. The van der Waals surface area contributed by atoms with E-state index in [0.717, 1.165) is 18.7 Å². The van der Waals surface area contributed by atoms with Crippen LogP contribution in [0.5, 0.6) is 0 Å². The number of aromatic nitrogens is 1. The van der Waals surface area contributed by atoms with Crippen molar-refractivity contribution in [2.75, 3.05) is 13.1 Å². The zero-order valence-corrected chi connectivity index (χ0v) is 12.1. The molecule has 0 bridgehead atoms. The summed E-state index contributed by atoms with van der Waals surface area (Å²) in [6, 6.07) is 1.83. The Bertz CT molecular complexity index is 430. The molecule has 2 unspecified atom stereocenters. The summed E-state index contributed by atoms with van der Waals surface area (Å²) in [5.74, 6) is 1.35. The molecule has 1 saturated heterocycles. The van der Waals surface area contributed by atoms with E-state index in [2.05, 4.69) is 17.2 Å². The van der Waals surface area contributed by atoms with Gasteiger partial charge in [0.05, 0.1) is 5.02 Å². The number of hydrogen-bond acceptors (Lipinski definition) is 3. The molecule has 0 aromatic carbocycles. The molecule has 0 amide bonds. The van der Waals surface area contributed by atoms with Crippen LogP contribution in [0.4, 0.5) is 0 Å². The lowest BCUT2D eigenvalue weighted by Gasteiger charge is -2.28. The van der Waals surface area contributed by atoms with Gasteiger partial charge in [0.25, 0.3) is 0 Å². The van der Waals surface area contributed by atoms with E-state index in [0.29, 0.717) is 29.7 Å². The fourth-order valence-electron chi connectivity index (χ4n) is 2.72. The van der Waals surface area contributed by atoms with Crippen molar-refractivity contribution in [2.24, 2.45) is 11.8 Å². The summed E-state index contributed by atoms with van der Waals surface area (Å²) in [6.07, 6.45) is 6.80. The van der Waals surface area contributed by atoms with Gasteiger partial charge in [-0.2, -0.15) is 0 Å². The molecular formula is C15H21ClN2O. The molecule has 1 N–H and O–H groups in total.